The number of thiazole rings is 1. The molecule has 3 aromatic rings. The van der Waals surface area contributed by atoms with Gasteiger partial charge in [0, 0.05) is 26.6 Å². The van der Waals surface area contributed by atoms with Crippen molar-refractivity contribution in [3.05, 3.63) is 79.2 Å². The number of phenols is 1. The zero-order valence-corrected chi connectivity index (χ0v) is 20.7. The summed E-state index contributed by atoms with van der Waals surface area (Å²) >= 11 is 8.93. The van der Waals surface area contributed by atoms with Crippen molar-refractivity contribution in [1.82, 2.24) is 4.57 Å². The molecular formula is C26H20ClNO5S2. The van der Waals surface area contributed by atoms with Crippen molar-refractivity contribution in [2.24, 2.45) is 29.6 Å². The van der Waals surface area contributed by atoms with Gasteiger partial charge in [-0.3, -0.25) is 19.0 Å². The van der Waals surface area contributed by atoms with Crippen LogP contribution in [0.15, 0.2) is 58.4 Å². The molecule has 2 bridgehead atoms. The van der Waals surface area contributed by atoms with E-state index >= 15 is 0 Å². The Bertz CT molecular complexity index is 1450. The predicted octanol–water partition coefficient (Wildman–Crippen LogP) is 4.51. The second-order valence-corrected chi connectivity index (χ2v) is 12.4. The lowest BCUT2D eigenvalue weighted by Crippen LogP contribution is -2.43. The average molecular weight is 526 g/mol. The highest BCUT2D eigenvalue weighted by atomic mass is 35.5. The summed E-state index contributed by atoms with van der Waals surface area (Å²) in [5.41, 5.74) is 1.74. The molecule has 2 aromatic carbocycles. The van der Waals surface area contributed by atoms with E-state index in [1.807, 2.05) is 36.4 Å². The Balaban J connectivity index is 1.38. The van der Waals surface area contributed by atoms with Crippen LogP contribution in [-0.2, 0) is 20.9 Å². The molecule has 3 fully saturated rings. The molecule has 6 nitrogen and oxygen atoms in total. The molecule has 0 unspecified atom stereocenters. The molecule has 1 saturated heterocycles. The maximum absolute atomic E-state index is 13.3. The summed E-state index contributed by atoms with van der Waals surface area (Å²) < 4.78 is 6.87. The molecule has 3 heterocycles. The van der Waals surface area contributed by atoms with Crippen LogP contribution in [0.5, 0.6) is 5.75 Å². The number of phenolic OH excluding ortho intramolecular Hbond substituents is 1. The van der Waals surface area contributed by atoms with Crippen LogP contribution in [0.2, 0.25) is 5.02 Å². The standard InChI is InChI=1S/C26H20ClNO5S2/c27-12-7-5-11(6-8-12)10-28-23-22(35-26(28)32)17(13-3-1-2-4-16(13)29)18-14-9-15(21(18)34-23)20-19(14)24(30)33-25(20)31/h1-8,14-15,17-21,29H,9-10H2/t14-,15+,17+,18+,19+,20+,21+/m0/s1. The molecule has 0 radical (unpaired) electrons. The normalized spacial score (nSPS) is 32.3. The Morgan fingerprint density at radius 1 is 1.00 bits per heavy atom. The zero-order chi connectivity index (χ0) is 24.0. The van der Waals surface area contributed by atoms with Crippen LogP contribution in [0.25, 0.3) is 0 Å². The van der Waals surface area contributed by atoms with Gasteiger partial charge in [0.15, 0.2) is 0 Å². The summed E-state index contributed by atoms with van der Waals surface area (Å²) in [6, 6.07) is 14.7. The topological polar surface area (TPSA) is 85.6 Å². The number of cyclic esters (lactones) is 2. The number of halogens is 1. The molecular weight excluding hydrogens is 506 g/mol. The van der Waals surface area contributed by atoms with Crippen LogP contribution < -0.4 is 4.87 Å². The number of aromatic nitrogens is 1. The first-order valence-corrected chi connectivity index (χ1v) is 13.7. The maximum atomic E-state index is 13.3. The number of benzene rings is 2. The Labute approximate surface area is 213 Å². The van der Waals surface area contributed by atoms with Crippen molar-refractivity contribution in [3.63, 3.8) is 0 Å². The monoisotopic (exact) mass is 525 g/mol. The Morgan fingerprint density at radius 3 is 2.46 bits per heavy atom. The van der Waals surface area contributed by atoms with E-state index in [1.165, 1.54) is 11.3 Å². The van der Waals surface area contributed by atoms with Gasteiger partial charge in [0.2, 0.25) is 0 Å². The third-order valence-electron chi connectivity index (χ3n) is 8.21. The molecule has 7 rings (SSSR count). The van der Waals surface area contributed by atoms with Gasteiger partial charge in [0.05, 0.1) is 23.4 Å². The summed E-state index contributed by atoms with van der Waals surface area (Å²) in [5.74, 6) is -1.63. The first-order chi connectivity index (χ1) is 16.9. The Kier molecular flexibility index (Phi) is 4.79. The van der Waals surface area contributed by atoms with Crippen molar-refractivity contribution in [2.45, 2.75) is 29.2 Å². The molecule has 178 valence electrons. The molecule has 2 saturated carbocycles. The van der Waals surface area contributed by atoms with Gasteiger partial charge in [0.1, 0.15) is 5.75 Å². The van der Waals surface area contributed by atoms with Gasteiger partial charge in [-0.25, -0.2) is 0 Å². The lowest BCUT2D eigenvalue weighted by molar-refractivity contribution is -0.154. The minimum absolute atomic E-state index is 0.0128. The van der Waals surface area contributed by atoms with Crippen LogP contribution in [0.3, 0.4) is 0 Å². The summed E-state index contributed by atoms with van der Waals surface area (Å²) in [5, 5.41) is 12.4. The number of rotatable bonds is 3. The first kappa shape index (κ1) is 21.7. The van der Waals surface area contributed by atoms with Gasteiger partial charge in [0.25, 0.3) is 0 Å². The third kappa shape index (κ3) is 3.06. The van der Waals surface area contributed by atoms with E-state index in [0.717, 1.165) is 27.5 Å². The third-order valence-corrected chi connectivity index (χ3v) is 11.3. The quantitative estimate of drug-likeness (QED) is 0.400. The molecule has 0 spiro atoms. The highest BCUT2D eigenvalue weighted by molar-refractivity contribution is 8.00. The second kappa shape index (κ2) is 7.72. The lowest BCUT2D eigenvalue weighted by atomic mass is 9.68. The van der Waals surface area contributed by atoms with Crippen molar-refractivity contribution < 1.29 is 19.4 Å². The number of para-hydroxylation sites is 1. The zero-order valence-electron chi connectivity index (χ0n) is 18.3. The number of ether oxygens (including phenoxy) is 1. The molecule has 1 aromatic heterocycles. The van der Waals surface area contributed by atoms with E-state index in [0.29, 0.717) is 11.6 Å². The fourth-order valence-corrected chi connectivity index (χ4v) is 10.2. The SMILES string of the molecule is O=C1OC(=O)[C@@H]2[C@H]3C[C@H]([C@@H]12)[C@@H]1[C@@H](c2ccccc2O)c2sc(=O)n(Cc4ccc(Cl)cc4)c2S[C@H]31. The smallest absolute Gasteiger partial charge is 0.317 e. The van der Waals surface area contributed by atoms with Crippen LogP contribution in [0.4, 0.5) is 0 Å². The number of esters is 2. The second-order valence-electron chi connectivity index (χ2n) is 9.80. The van der Waals surface area contributed by atoms with Gasteiger partial charge in [-0.2, -0.15) is 0 Å². The van der Waals surface area contributed by atoms with Gasteiger partial charge in [-0.05, 0) is 47.9 Å². The number of carbonyl (C=O) groups is 2. The van der Waals surface area contributed by atoms with E-state index in [1.54, 1.807) is 28.5 Å². The molecule has 0 amide bonds. The summed E-state index contributed by atoms with van der Waals surface area (Å²) in [4.78, 5) is 39.3. The van der Waals surface area contributed by atoms with E-state index in [9.17, 15) is 19.5 Å². The molecule has 2 aliphatic carbocycles. The first-order valence-electron chi connectivity index (χ1n) is 11.6. The molecule has 35 heavy (non-hydrogen) atoms. The summed E-state index contributed by atoms with van der Waals surface area (Å²) in [7, 11) is 0. The van der Waals surface area contributed by atoms with E-state index in [2.05, 4.69) is 0 Å². The molecule has 4 aliphatic rings. The lowest BCUT2D eigenvalue weighted by Gasteiger charge is -2.43. The van der Waals surface area contributed by atoms with Crippen molar-refractivity contribution >= 4 is 46.6 Å². The number of nitrogens with zero attached hydrogens (tertiary/aromatic N) is 1. The highest BCUT2D eigenvalue weighted by Crippen LogP contribution is 2.68. The number of thioether (sulfide) groups is 1. The van der Waals surface area contributed by atoms with E-state index < -0.39 is 23.8 Å². The number of hydrogen-bond acceptors (Lipinski definition) is 7. The minimum Gasteiger partial charge on any atom is -0.508 e. The van der Waals surface area contributed by atoms with Gasteiger partial charge in [-0.1, -0.05) is 53.3 Å². The average Bonchev–Trinajstić information content (AvgIpc) is 3.56. The molecule has 2 aliphatic heterocycles. The fourth-order valence-electron chi connectivity index (χ4n) is 6.92. The Morgan fingerprint density at radius 2 is 1.71 bits per heavy atom. The van der Waals surface area contributed by atoms with Crippen LogP contribution in [0.1, 0.15) is 28.3 Å². The summed E-state index contributed by atoms with van der Waals surface area (Å²) in [6.07, 6.45) is 0.791. The van der Waals surface area contributed by atoms with Crippen LogP contribution in [-0.4, -0.2) is 26.9 Å². The molecule has 7 atom stereocenters. The minimum atomic E-state index is -0.419. The van der Waals surface area contributed by atoms with Crippen molar-refractivity contribution in [3.8, 4) is 5.75 Å². The number of carbonyl (C=O) groups excluding carboxylic acids is 2. The Hall–Kier alpha value is -2.55. The predicted molar refractivity (Wildman–Crippen MR) is 132 cm³/mol. The molecule has 9 heteroatoms. The van der Waals surface area contributed by atoms with Crippen LogP contribution >= 0.6 is 34.7 Å². The number of aromatic hydroxyl groups is 1. The van der Waals surface area contributed by atoms with E-state index in [4.69, 9.17) is 16.3 Å². The largest absolute Gasteiger partial charge is 0.508 e. The van der Waals surface area contributed by atoms with Crippen molar-refractivity contribution in [1.29, 1.82) is 0 Å². The van der Waals surface area contributed by atoms with Crippen molar-refractivity contribution in [2.75, 3.05) is 0 Å². The molecule has 1 N–H and O–H groups in total. The van der Waals surface area contributed by atoms with E-state index in [-0.39, 0.29) is 39.5 Å². The maximum Gasteiger partial charge on any atom is 0.317 e. The van der Waals surface area contributed by atoms with Gasteiger partial charge in [-0.15, -0.1) is 11.8 Å². The summed E-state index contributed by atoms with van der Waals surface area (Å²) in [6.45, 7) is 0.417. The fraction of sp³-hybridized carbons (Fsp3) is 0.346. The number of hydrogen-bond donors (Lipinski definition) is 1. The van der Waals surface area contributed by atoms with Crippen LogP contribution in [0, 0.1) is 29.6 Å². The van der Waals surface area contributed by atoms with Gasteiger partial charge >= 0.3 is 16.8 Å². The van der Waals surface area contributed by atoms with Gasteiger partial charge < -0.3 is 9.84 Å². The highest BCUT2D eigenvalue weighted by Gasteiger charge is 2.69. The number of fused-ring (bicyclic) bond motifs is 9.